The number of nitrogens with one attached hydrogen (secondary N) is 1. The highest BCUT2D eigenvalue weighted by Crippen LogP contribution is 2.19. The van der Waals surface area contributed by atoms with Gasteiger partial charge in [-0.3, -0.25) is 0 Å². The molecule has 94 valence electrons. The molecule has 0 radical (unpaired) electrons. The molecule has 0 atom stereocenters. The number of anilines is 2. The summed E-state index contributed by atoms with van der Waals surface area (Å²) in [5.41, 5.74) is 7.11. The number of hydrogen-bond acceptors (Lipinski definition) is 4. The summed E-state index contributed by atoms with van der Waals surface area (Å²) in [7, 11) is 0. The van der Waals surface area contributed by atoms with Crippen molar-refractivity contribution in [2.75, 3.05) is 17.6 Å². The number of hydrogen-bond donors (Lipinski definition) is 3. The molecule has 0 aliphatic rings. The van der Waals surface area contributed by atoms with Crippen LogP contribution in [-0.4, -0.2) is 17.6 Å². The topological polar surface area (TPSA) is 88.5 Å². The first-order chi connectivity index (χ1) is 8.66. The van der Waals surface area contributed by atoms with E-state index in [0.29, 0.717) is 12.2 Å². The molecular weight excluding hydrogens is 232 g/mol. The average molecular weight is 246 g/mol. The summed E-state index contributed by atoms with van der Waals surface area (Å²) in [6.07, 6.45) is 2.37. The molecule has 0 spiro atoms. The van der Waals surface area contributed by atoms with Crippen LogP contribution in [0.15, 0.2) is 41.0 Å². The fourth-order valence-corrected chi connectivity index (χ4v) is 1.63. The molecule has 0 fully saturated rings. The minimum Gasteiger partial charge on any atom is -0.478 e. The number of rotatable bonds is 5. The van der Waals surface area contributed by atoms with Crippen LogP contribution in [0.5, 0.6) is 0 Å². The standard InChI is InChI=1S/C13H14N2O3/c14-11-8-9(13(16)17)3-4-12(11)15-6-5-10-2-1-7-18-10/h1-4,7-8,15H,5-6,14H2,(H,16,17). The maximum Gasteiger partial charge on any atom is 0.335 e. The van der Waals surface area contributed by atoms with E-state index in [2.05, 4.69) is 5.32 Å². The molecule has 1 heterocycles. The highest BCUT2D eigenvalue weighted by atomic mass is 16.4. The molecule has 0 unspecified atom stereocenters. The van der Waals surface area contributed by atoms with Gasteiger partial charge < -0.3 is 20.6 Å². The lowest BCUT2D eigenvalue weighted by atomic mass is 10.1. The van der Waals surface area contributed by atoms with Crippen LogP contribution in [0.3, 0.4) is 0 Å². The van der Waals surface area contributed by atoms with E-state index >= 15 is 0 Å². The summed E-state index contributed by atoms with van der Waals surface area (Å²) < 4.78 is 5.20. The van der Waals surface area contributed by atoms with Crippen LogP contribution in [0.1, 0.15) is 16.1 Å². The Kier molecular flexibility index (Phi) is 3.52. The number of carboxylic acid groups (broad SMARTS) is 1. The molecule has 18 heavy (non-hydrogen) atoms. The zero-order valence-electron chi connectivity index (χ0n) is 9.72. The molecule has 5 heteroatoms. The summed E-state index contributed by atoms with van der Waals surface area (Å²) >= 11 is 0. The van der Waals surface area contributed by atoms with Gasteiger partial charge in [-0.05, 0) is 30.3 Å². The monoisotopic (exact) mass is 246 g/mol. The maximum absolute atomic E-state index is 10.7. The zero-order valence-corrected chi connectivity index (χ0v) is 9.72. The Hall–Kier alpha value is -2.43. The number of nitrogens with two attached hydrogens (primary N) is 1. The van der Waals surface area contributed by atoms with E-state index in [0.717, 1.165) is 17.9 Å². The second-order valence-electron chi connectivity index (χ2n) is 3.86. The van der Waals surface area contributed by atoms with E-state index in [-0.39, 0.29) is 5.56 Å². The molecule has 0 bridgehead atoms. The van der Waals surface area contributed by atoms with E-state index in [1.54, 1.807) is 12.3 Å². The van der Waals surface area contributed by atoms with E-state index < -0.39 is 5.97 Å². The summed E-state index contributed by atoms with van der Waals surface area (Å²) in [6, 6.07) is 8.37. The third-order valence-corrected chi connectivity index (χ3v) is 2.57. The van der Waals surface area contributed by atoms with E-state index in [4.69, 9.17) is 15.3 Å². The summed E-state index contributed by atoms with van der Waals surface area (Å²) in [5.74, 6) is -0.0907. The largest absolute Gasteiger partial charge is 0.478 e. The van der Waals surface area contributed by atoms with Gasteiger partial charge in [-0.1, -0.05) is 0 Å². The highest BCUT2D eigenvalue weighted by Gasteiger charge is 2.06. The van der Waals surface area contributed by atoms with Crippen LogP contribution < -0.4 is 11.1 Å². The van der Waals surface area contributed by atoms with Crippen LogP contribution in [0.2, 0.25) is 0 Å². The molecule has 1 aromatic heterocycles. The molecule has 2 rings (SSSR count). The average Bonchev–Trinajstić information content (AvgIpc) is 2.84. The first-order valence-electron chi connectivity index (χ1n) is 5.56. The summed E-state index contributed by atoms with van der Waals surface area (Å²) in [6.45, 7) is 0.671. The smallest absolute Gasteiger partial charge is 0.335 e. The van der Waals surface area contributed by atoms with Crippen LogP contribution >= 0.6 is 0 Å². The lowest BCUT2D eigenvalue weighted by molar-refractivity contribution is 0.0697. The Balaban J connectivity index is 1.95. The predicted molar refractivity (Wildman–Crippen MR) is 68.7 cm³/mol. The Labute approximate surface area is 104 Å². The van der Waals surface area contributed by atoms with E-state index in [9.17, 15) is 4.79 Å². The SMILES string of the molecule is Nc1cc(C(=O)O)ccc1NCCc1ccco1. The Morgan fingerprint density at radius 3 is 2.83 bits per heavy atom. The maximum atomic E-state index is 10.7. The van der Waals surface area contributed by atoms with E-state index in [1.165, 1.54) is 12.1 Å². The zero-order chi connectivity index (χ0) is 13.0. The minimum absolute atomic E-state index is 0.184. The highest BCUT2D eigenvalue weighted by molar-refractivity contribution is 5.90. The molecule has 4 N–H and O–H groups in total. The third-order valence-electron chi connectivity index (χ3n) is 2.57. The van der Waals surface area contributed by atoms with Gasteiger partial charge in [0.2, 0.25) is 0 Å². The van der Waals surface area contributed by atoms with E-state index in [1.807, 2.05) is 12.1 Å². The molecule has 0 saturated heterocycles. The van der Waals surface area contributed by atoms with Gasteiger partial charge in [0.05, 0.1) is 23.2 Å². The third kappa shape index (κ3) is 2.82. The Morgan fingerprint density at radius 1 is 1.39 bits per heavy atom. The first-order valence-corrected chi connectivity index (χ1v) is 5.56. The fourth-order valence-electron chi connectivity index (χ4n) is 1.63. The summed E-state index contributed by atoms with van der Waals surface area (Å²) in [4.78, 5) is 10.7. The van der Waals surface area contributed by atoms with Gasteiger partial charge in [-0.25, -0.2) is 4.79 Å². The number of carboxylic acids is 1. The van der Waals surface area contributed by atoms with Crippen LogP contribution in [0.25, 0.3) is 0 Å². The second kappa shape index (κ2) is 5.27. The number of benzene rings is 1. The van der Waals surface area contributed by atoms with Gasteiger partial charge in [0.25, 0.3) is 0 Å². The summed E-state index contributed by atoms with van der Waals surface area (Å²) in [5, 5.41) is 12.0. The van der Waals surface area contributed by atoms with Crippen molar-refractivity contribution < 1.29 is 14.3 Å². The fraction of sp³-hybridized carbons (Fsp3) is 0.154. The normalized spacial score (nSPS) is 10.2. The predicted octanol–water partition coefficient (Wildman–Crippen LogP) is 2.21. The van der Waals surface area contributed by atoms with Crippen molar-refractivity contribution in [3.63, 3.8) is 0 Å². The van der Waals surface area contributed by atoms with Crippen LogP contribution in [-0.2, 0) is 6.42 Å². The van der Waals surface area contributed by atoms with Gasteiger partial charge in [0, 0.05) is 13.0 Å². The lowest BCUT2D eigenvalue weighted by Crippen LogP contribution is -2.07. The number of furan rings is 1. The van der Waals surface area contributed by atoms with Crippen molar-refractivity contribution >= 4 is 17.3 Å². The van der Waals surface area contributed by atoms with Crippen molar-refractivity contribution in [2.24, 2.45) is 0 Å². The molecule has 0 saturated carbocycles. The molecule has 0 amide bonds. The molecule has 0 aliphatic carbocycles. The van der Waals surface area contributed by atoms with Crippen molar-refractivity contribution in [1.29, 1.82) is 0 Å². The lowest BCUT2D eigenvalue weighted by Gasteiger charge is -2.09. The van der Waals surface area contributed by atoms with Crippen LogP contribution in [0, 0.1) is 0 Å². The van der Waals surface area contributed by atoms with Gasteiger partial charge >= 0.3 is 5.97 Å². The second-order valence-corrected chi connectivity index (χ2v) is 3.86. The molecular formula is C13H14N2O3. The van der Waals surface area contributed by atoms with Crippen molar-refractivity contribution in [1.82, 2.24) is 0 Å². The van der Waals surface area contributed by atoms with Gasteiger partial charge in [-0.2, -0.15) is 0 Å². The van der Waals surface area contributed by atoms with Gasteiger partial charge in [0.15, 0.2) is 0 Å². The molecule has 1 aromatic carbocycles. The molecule has 2 aromatic rings. The van der Waals surface area contributed by atoms with Gasteiger partial charge in [0.1, 0.15) is 5.76 Å². The number of aromatic carboxylic acids is 1. The quantitative estimate of drug-likeness (QED) is 0.704. The molecule has 0 aliphatic heterocycles. The van der Waals surface area contributed by atoms with Crippen molar-refractivity contribution in [3.8, 4) is 0 Å². The number of carbonyl (C=O) groups is 1. The molecule has 5 nitrogen and oxygen atoms in total. The van der Waals surface area contributed by atoms with Crippen molar-refractivity contribution in [2.45, 2.75) is 6.42 Å². The Morgan fingerprint density at radius 2 is 2.22 bits per heavy atom. The van der Waals surface area contributed by atoms with Gasteiger partial charge in [-0.15, -0.1) is 0 Å². The van der Waals surface area contributed by atoms with Crippen molar-refractivity contribution in [3.05, 3.63) is 47.9 Å². The van der Waals surface area contributed by atoms with Crippen LogP contribution in [0.4, 0.5) is 11.4 Å². The number of nitrogen functional groups attached to an aromatic ring is 1. The first kappa shape index (κ1) is 12.0. The Bertz CT molecular complexity index is 535. The minimum atomic E-state index is -0.983.